The van der Waals surface area contributed by atoms with Crippen molar-refractivity contribution in [1.29, 1.82) is 0 Å². The number of allylic oxidation sites excluding steroid dienone is 12. The monoisotopic (exact) mass is 1000 g/mol. The second-order valence-electron chi connectivity index (χ2n) is 19.1. The smallest absolute Gasteiger partial charge is 0.462 e. The molecule has 0 rings (SSSR count). The summed E-state index contributed by atoms with van der Waals surface area (Å²) in [7, 11) is -4.39. The van der Waals surface area contributed by atoms with E-state index >= 15 is 0 Å². The maximum absolute atomic E-state index is 12.7. The van der Waals surface area contributed by atoms with E-state index in [1.807, 2.05) is 0 Å². The van der Waals surface area contributed by atoms with Crippen LogP contribution in [0.15, 0.2) is 72.9 Å². The van der Waals surface area contributed by atoms with Crippen LogP contribution in [0.5, 0.6) is 0 Å². The van der Waals surface area contributed by atoms with E-state index in [2.05, 4.69) is 86.8 Å². The summed E-state index contributed by atoms with van der Waals surface area (Å²) in [5, 5.41) is 0. The van der Waals surface area contributed by atoms with E-state index in [4.69, 9.17) is 24.3 Å². The summed E-state index contributed by atoms with van der Waals surface area (Å²) >= 11 is 0. The fraction of sp³-hybridized carbons (Fsp3) is 0.767. The number of esters is 2. The van der Waals surface area contributed by atoms with Crippen LogP contribution in [0.4, 0.5) is 0 Å². The molecule has 0 fully saturated rings. The fourth-order valence-corrected chi connectivity index (χ4v) is 8.88. The van der Waals surface area contributed by atoms with Gasteiger partial charge in [-0.15, -0.1) is 0 Å². The number of unbranched alkanes of at least 4 members (excludes halogenated alkanes) is 29. The molecule has 3 N–H and O–H groups in total. The Kier molecular flexibility index (Phi) is 53.7. The van der Waals surface area contributed by atoms with Crippen LogP contribution in [-0.2, 0) is 32.7 Å². The average Bonchev–Trinajstić information content (AvgIpc) is 3.35. The zero-order valence-corrected chi connectivity index (χ0v) is 46.1. The predicted molar refractivity (Wildman–Crippen MR) is 298 cm³/mol. The minimum atomic E-state index is -4.39. The van der Waals surface area contributed by atoms with Crippen LogP contribution >= 0.6 is 7.82 Å². The van der Waals surface area contributed by atoms with E-state index in [0.717, 1.165) is 77.0 Å². The van der Waals surface area contributed by atoms with Crippen molar-refractivity contribution >= 4 is 19.8 Å². The van der Waals surface area contributed by atoms with Gasteiger partial charge in [-0.1, -0.05) is 260 Å². The van der Waals surface area contributed by atoms with E-state index in [1.165, 1.54) is 154 Å². The first-order valence-electron chi connectivity index (χ1n) is 28.9. The highest BCUT2D eigenvalue weighted by atomic mass is 31.2. The molecule has 10 heteroatoms. The highest BCUT2D eigenvalue weighted by molar-refractivity contribution is 7.47. The molecule has 2 atom stereocenters. The van der Waals surface area contributed by atoms with Crippen molar-refractivity contribution in [2.45, 2.75) is 270 Å². The third kappa shape index (κ3) is 54.8. The standard InChI is InChI=1S/C60H108NO8P/c1-3-5-7-9-11-13-15-17-19-21-22-23-24-25-26-27-28-29-30-31-32-33-34-35-36-37-39-41-43-45-47-49-51-53-60(63)69-58(57-68-70(64,65)67-55-54-61)56-66-59(62)52-50-48-46-44-42-40-38-20-18-16-14-12-10-8-6-4-2/h5,7,11,13,17,19,22-23,25-26,28-29,58H,3-4,6,8-10,12,14-16,18,20-21,24,27,30-57,61H2,1-2H3,(H,64,65)/b7-5-,13-11-,19-17-,23-22-,26-25-,29-28-. The Morgan fingerprint density at radius 1 is 0.443 bits per heavy atom. The normalized spacial score (nSPS) is 13.6. The molecule has 406 valence electrons. The number of ether oxygens (including phenoxy) is 2. The summed E-state index contributed by atoms with van der Waals surface area (Å²) in [5.41, 5.74) is 5.38. The van der Waals surface area contributed by atoms with Crippen LogP contribution in [-0.4, -0.2) is 49.3 Å². The summed E-state index contributed by atoms with van der Waals surface area (Å²) in [6.07, 6.45) is 71.0. The van der Waals surface area contributed by atoms with Crippen LogP contribution in [0.25, 0.3) is 0 Å². The largest absolute Gasteiger partial charge is 0.472 e. The zero-order chi connectivity index (χ0) is 51.0. The van der Waals surface area contributed by atoms with Crippen molar-refractivity contribution in [3.8, 4) is 0 Å². The molecule has 2 unspecified atom stereocenters. The number of hydrogen-bond donors (Lipinski definition) is 2. The molecule has 0 spiro atoms. The first-order chi connectivity index (χ1) is 34.3. The van der Waals surface area contributed by atoms with E-state index in [-0.39, 0.29) is 38.6 Å². The van der Waals surface area contributed by atoms with Crippen LogP contribution in [0.3, 0.4) is 0 Å². The van der Waals surface area contributed by atoms with Gasteiger partial charge in [0.05, 0.1) is 13.2 Å². The number of phosphoric acid groups is 1. The summed E-state index contributed by atoms with van der Waals surface area (Å²) in [6, 6.07) is 0. The van der Waals surface area contributed by atoms with Gasteiger partial charge in [0.25, 0.3) is 0 Å². The van der Waals surface area contributed by atoms with Gasteiger partial charge in [0.15, 0.2) is 6.10 Å². The van der Waals surface area contributed by atoms with Crippen molar-refractivity contribution < 1.29 is 37.6 Å². The van der Waals surface area contributed by atoms with Gasteiger partial charge in [0.2, 0.25) is 0 Å². The molecule has 0 aliphatic heterocycles. The van der Waals surface area contributed by atoms with E-state index in [1.54, 1.807) is 0 Å². The average molecular weight is 1000 g/mol. The zero-order valence-electron chi connectivity index (χ0n) is 45.2. The third-order valence-electron chi connectivity index (χ3n) is 12.4. The van der Waals surface area contributed by atoms with Crippen LogP contribution in [0.2, 0.25) is 0 Å². The number of hydrogen-bond acceptors (Lipinski definition) is 8. The molecule has 0 aliphatic carbocycles. The van der Waals surface area contributed by atoms with Crippen LogP contribution < -0.4 is 5.73 Å². The van der Waals surface area contributed by atoms with Crippen molar-refractivity contribution in [3.05, 3.63) is 72.9 Å². The molecule has 0 saturated heterocycles. The Bertz CT molecular complexity index is 1370. The highest BCUT2D eigenvalue weighted by Gasteiger charge is 2.26. The summed E-state index contributed by atoms with van der Waals surface area (Å²) < 4.78 is 33.0. The number of carbonyl (C=O) groups is 2. The van der Waals surface area contributed by atoms with E-state index in [9.17, 15) is 19.0 Å². The van der Waals surface area contributed by atoms with Gasteiger partial charge >= 0.3 is 19.8 Å². The third-order valence-corrected chi connectivity index (χ3v) is 13.3. The lowest BCUT2D eigenvalue weighted by Crippen LogP contribution is -2.29. The minimum absolute atomic E-state index is 0.0530. The van der Waals surface area contributed by atoms with E-state index < -0.39 is 26.5 Å². The lowest BCUT2D eigenvalue weighted by molar-refractivity contribution is -0.161. The van der Waals surface area contributed by atoms with Gasteiger partial charge in [-0.3, -0.25) is 18.6 Å². The Labute approximate surface area is 431 Å². The van der Waals surface area contributed by atoms with Crippen molar-refractivity contribution in [2.75, 3.05) is 26.4 Å². The van der Waals surface area contributed by atoms with Crippen LogP contribution in [0.1, 0.15) is 264 Å². The molecule has 0 heterocycles. The topological polar surface area (TPSA) is 134 Å². The van der Waals surface area contributed by atoms with Gasteiger partial charge in [-0.2, -0.15) is 0 Å². The molecule has 70 heavy (non-hydrogen) atoms. The van der Waals surface area contributed by atoms with Gasteiger partial charge in [-0.25, -0.2) is 4.57 Å². The highest BCUT2D eigenvalue weighted by Crippen LogP contribution is 2.43. The molecule has 0 aromatic rings. The van der Waals surface area contributed by atoms with E-state index in [0.29, 0.717) is 6.42 Å². The first-order valence-corrected chi connectivity index (χ1v) is 30.4. The second kappa shape index (κ2) is 55.8. The first kappa shape index (κ1) is 67.5. The second-order valence-corrected chi connectivity index (χ2v) is 20.6. The summed E-state index contributed by atoms with van der Waals surface area (Å²) in [6.45, 7) is 3.66. The maximum Gasteiger partial charge on any atom is 0.472 e. The Morgan fingerprint density at radius 2 is 0.786 bits per heavy atom. The Morgan fingerprint density at radius 3 is 1.17 bits per heavy atom. The Balaban J connectivity index is 3.92. The molecule has 0 bridgehead atoms. The number of nitrogens with two attached hydrogens (primary N) is 1. The maximum atomic E-state index is 12.7. The quantitative estimate of drug-likeness (QED) is 0.0264. The number of carbonyl (C=O) groups excluding carboxylic acids is 2. The molecule has 0 saturated carbocycles. The van der Waals surface area contributed by atoms with Crippen LogP contribution in [0, 0.1) is 0 Å². The molecule has 0 aromatic carbocycles. The Hall–Kier alpha value is -2.55. The molecule has 0 aromatic heterocycles. The van der Waals surface area contributed by atoms with Crippen molar-refractivity contribution in [1.82, 2.24) is 0 Å². The number of phosphoric ester groups is 1. The SMILES string of the molecule is CC/C=C\C/C=C\C/C=C\C/C=C\C/C=C\C/C=C\CCCCCCCCCCCCCCCCC(=O)OC(COC(=O)CCCCCCCCCCCCCCCCCC)COP(=O)(O)OCCN. The fourth-order valence-electron chi connectivity index (χ4n) is 8.11. The van der Waals surface area contributed by atoms with Crippen molar-refractivity contribution in [2.24, 2.45) is 5.73 Å². The van der Waals surface area contributed by atoms with Gasteiger partial charge in [0.1, 0.15) is 6.61 Å². The lowest BCUT2D eigenvalue weighted by atomic mass is 10.0. The van der Waals surface area contributed by atoms with Crippen molar-refractivity contribution in [3.63, 3.8) is 0 Å². The van der Waals surface area contributed by atoms with Gasteiger partial charge < -0.3 is 20.1 Å². The molecular weight excluding hydrogens is 894 g/mol. The minimum Gasteiger partial charge on any atom is -0.462 e. The van der Waals surface area contributed by atoms with Gasteiger partial charge in [0, 0.05) is 19.4 Å². The number of rotatable bonds is 54. The summed E-state index contributed by atoms with van der Waals surface area (Å²) in [4.78, 5) is 35.1. The summed E-state index contributed by atoms with van der Waals surface area (Å²) in [5.74, 6) is -0.819. The molecular formula is C60H108NO8P. The van der Waals surface area contributed by atoms with Gasteiger partial charge in [-0.05, 0) is 64.2 Å². The molecule has 0 amide bonds. The molecule has 9 nitrogen and oxygen atoms in total. The predicted octanol–water partition coefficient (Wildman–Crippen LogP) is 18.1. The molecule has 0 aliphatic rings. The lowest BCUT2D eigenvalue weighted by Gasteiger charge is -2.19. The molecule has 0 radical (unpaired) electrons.